The molecule has 1 amide bonds. The molecule has 0 spiro atoms. The van der Waals surface area contributed by atoms with Crippen molar-refractivity contribution in [2.75, 3.05) is 13.2 Å². The topological polar surface area (TPSA) is 98.4 Å². The number of ether oxygens (including phenoxy) is 1. The van der Waals surface area contributed by atoms with E-state index in [0.717, 1.165) is 11.3 Å². The van der Waals surface area contributed by atoms with Gasteiger partial charge in [-0.15, -0.1) is 21.5 Å². The van der Waals surface area contributed by atoms with Crippen LogP contribution in [0.5, 0.6) is 0 Å². The van der Waals surface area contributed by atoms with Gasteiger partial charge in [0.25, 0.3) is 11.8 Å². The van der Waals surface area contributed by atoms with Crippen molar-refractivity contribution in [3.8, 4) is 10.8 Å². The summed E-state index contributed by atoms with van der Waals surface area (Å²) in [5.74, 6) is -0.193. The number of nitrogens with zero attached hydrogens (tertiary/aromatic N) is 4. The summed E-state index contributed by atoms with van der Waals surface area (Å²) in [6.45, 7) is 2.23. The van der Waals surface area contributed by atoms with Gasteiger partial charge in [-0.05, 0) is 36.1 Å². The Labute approximate surface area is 171 Å². The smallest absolute Gasteiger partial charge is 0.331 e. The zero-order valence-electron chi connectivity index (χ0n) is 15.9. The number of carbonyl (C=O) groups excluding carboxylic acids is 2. The van der Waals surface area contributed by atoms with Crippen molar-refractivity contribution in [3.63, 3.8) is 0 Å². The van der Waals surface area contributed by atoms with Gasteiger partial charge in [0.05, 0.1) is 17.1 Å². The van der Waals surface area contributed by atoms with Crippen LogP contribution in [0.25, 0.3) is 16.8 Å². The fourth-order valence-corrected chi connectivity index (χ4v) is 3.09. The number of thiophene rings is 1. The van der Waals surface area contributed by atoms with E-state index in [1.165, 1.54) is 28.4 Å². The molecule has 0 unspecified atom stereocenters. The van der Waals surface area contributed by atoms with E-state index in [4.69, 9.17) is 9.15 Å². The Hall–Kier alpha value is -3.33. The maximum Gasteiger partial charge on any atom is 0.331 e. The van der Waals surface area contributed by atoms with Gasteiger partial charge in [0.1, 0.15) is 0 Å². The molecule has 9 heteroatoms. The number of carbonyl (C=O) groups is 2. The van der Waals surface area contributed by atoms with Crippen LogP contribution in [0.2, 0.25) is 0 Å². The lowest BCUT2D eigenvalue weighted by Crippen LogP contribution is -2.34. The van der Waals surface area contributed by atoms with Crippen LogP contribution < -0.4 is 0 Å². The predicted octanol–water partition coefficient (Wildman–Crippen LogP) is 3.19. The molecule has 0 aliphatic heterocycles. The Balaban J connectivity index is 1.54. The lowest BCUT2D eigenvalue weighted by atomic mass is 10.3. The molecule has 0 radical (unpaired) electrons. The first-order valence-electron chi connectivity index (χ1n) is 9.05. The first-order chi connectivity index (χ1) is 14.2. The number of aromatic nitrogens is 3. The number of amides is 1. The quantitative estimate of drug-likeness (QED) is 0.393. The highest BCUT2D eigenvalue weighted by molar-refractivity contribution is 7.13. The zero-order chi connectivity index (χ0) is 20.5. The number of esters is 1. The van der Waals surface area contributed by atoms with E-state index in [1.807, 2.05) is 30.5 Å². The lowest BCUT2D eigenvalue weighted by molar-refractivity contribution is -0.148. The molecule has 150 valence electrons. The van der Waals surface area contributed by atoms with Crippen molar-refractivity contribution in [1.82, 2.24) is 20.1 Å². The van der Waals surface area contributed by atoms with Crippen molar-refractivity contribution in [1.29, 1.82) is 0 Å². The van der Waals surface area contributed by atoms with Gasteiger partial charge in [-0.25, -0.2) is 4.79 Å². The molecule has 0 saturated carbocycles. The number of hydrogen-bond donors (Lipinski definition) is 0. The van der Waals surface area contributed by atoms with E-state index >= 15 is 0 Å². The van der Waals surface area contributed by atoms with Crippen LogP contribution in [-0.2, 0) is 20.9 Å². The molecule has 0 aliphatic rings. The summed E-state index contributed by atoms with van der Waals surface area (Å²) < 4.78 is 10.7. The van der Waals surface area contributed by atoms with E-state index in [-0.39, 0.29) is 19.1 Å². The Morgan fingerprint density at radius 3 is 2.86 bits per heavy atom. The second-order valence-corrected chi connectivity index (χ2v) is 6.94. The minimum Gasteiger partial charge on any atom is -0.452 e. The van der Waals surface area contributed by atoms with Crippen molar-refractivity contribution < 1.29 is 18.7 Å². The normalized spacial score (nSPS) is 10.9. The third kappa shape index (κ3) is 6.08. The van der Waals surface area contributed by atoms with E-state index in [2.05, 4.69) is 15.2 Å². The highest BCUT2D eigenvalue weighted by Crippen LogP contribution is 2.23. The molecule has 3 rings (SSSR count). The molecule has 0 bridgehead atoms. The lowest BCUT2D eigenvalue weighted by Gasteiger charge is -2.19. The van der Waals surface area contributed by atoms with Crippen LogP contribution in [0.1, 0.15) is 24.9 Å². The van der Waals surface area contributed by atoms with Gasteiger partial charge in [-0.3, -0.25) is 9.78 Å². The van der Waals surface area contributed by atoms with Gasteiger partial charge >= 0.3 is 5.97 Å². The molecule has 0 saturated heterocycles. The molecule has 0 N–H and O–H groups in total. The first-order valence-corrected chi connectivity index (χ1v) is 9.93. The van der Waals surface area contributed by atoms with Gasteiger partial charge in [0.15, 0.2) is 6.61 Å². The van der Waals surface area contributed by atoms with Crippen LogP contribution in [0.4, 0.5) is 0 Å². The Kier molecular flexibility index (Phi) is 7.23. The second kappa shape index (κ2) is 10.3. The molecular formula is C20H20N4O4S. The minimum atomic E-state index is -0.613. The first kappa shape index (κ1) is 20.4. The summed E-state index contributed by atoms with van der Waals surface area (Å²) in [6.07, 6.45) is 5.13. The SMILES string of the molecule is CCCN(Cc1nnc(-c2cccs2)o1)C(=O)COC(=O)C=Cc1ccccn1. The highest BCUT2D eigenvalue weighted by Gasteiger charge is 2.18. The number of hydrogen-bond acceptors (Lipinski definition) is 8. The predicted molar refractivity (Wildman–Crippen MR) is 108 cm³/mol. The Bertz CT molecular complexity index is 954. The molecule has 29 heavy (non-hydrogen) atoms. The van der Waals surface area contributed by atoms with Crippen LogP contribution in [-0.4, -0.2) is 45.1 Å². The Morgan fingerprint density at radius 1 is 1.24 bits per heavy atom. The standard InChI is InChI=1S/C20H20N4O4S/c1-2-11-24(13-17-22-23-20(28-17)16-7-5-12-29-16)18(25)14-27-19(26)9-8-15-6-3-4-10-21-15/h3-10,12H,2,11,13-14H2,1H3. The van der Waals surface area contributed by atoms with E-state index in [9.17, 15) is 9.59 Å². The van der Waals surface area contributed by atoms with Crippen molar-refractivity contribution in [2.24, 2.45) is 0 Å². The molecule has 0 aliphatic carbocycles. The van der Waals surface area contributed by atoms with E-state index in [0.29, 0.717) is 24.0 Å². The molecule has 0 atom stereocenters. The zero-order valence-corrected chi connectivity index (χ0v) is 16.7. The largest absolute Gasteiger partial charge is 0.452 e. The van der Waals surface area contributed by atoms with Gasteiger partial charge in [-0.2, -0.15) is 0 Å². The number of pyridine rings is 1. The fourth-order valence-electron chi connectivity index (χ4n) is 2.44. The highest BCUT2D eigenvalue weighted by atomic mass is 32.1. The molecule has 3 aromatic heterocycles. The summed E-state index contributed by atoms with van der Waals surface area (Å²) in [5, 5.41) is 9.94. The maximum absolute atomic E-state index is 12.5. The molecule has 0 aromatic carbocycles. The molecule has 3 heterocycles. The average molecular weight is 412 g/mol. The third-order valence-corrected chi connectivity index (χ3v) is 4.64. The summed E-state index contributed by atoms with van der Waals surface area (Å²) in [6, 6.07) is 9.13. The molecule has 3 aromatic rings. The van der Waals surface area contributed by atoms with Crippen molar-refractivity contribution in [3.05, 3.63) is 59.6 Å². The van der Waals surface area contributed by atoms with Crippen LogP contribution in [0.15, 0.2) is 52.4 Å². The molecular weight excluding hydrogens is 392 g/mol. The average Bonchev–Trinajstić information content (AvgIpc) is 3.43. The van der Waals surface area contributed by atoms with Gasteiger partial charge in [-0.1, -0.05) is 19.1 Å². The minimum absolute atomic E-state index is 0.159. The van der Waals surface area contributed by atoms with Gasteiger partial charge < -0.3 is 14.1 Å². The van der Waals surface area contributed by atoms with Crippen molar-refractivity contribution >= 4 is 29.3 Å². The van der Waals surface area contributed by atoms with E-state index < -0.39 is 5.97 Å². The van der Waals surface area contributed by atoms with Crippen LogP contribution in [0.3, 0.4) is 0 Å². The third-order valence-electron chi connectivity index (χ3n) is 3.79. The summed E-state index contributed by atoms with van der Waals surface area (Å²) in [7, 11) is 0. The molecule has 8 nitrogen and oxygen atoms in total. The monoisotopic (exact) mass is 412 g/mol. The van der Waals surface area contributed by atoms with Gasteiger partial charge in [0.2, 0.25) is 5.89 Å². The second-order valence-electron chi connectivity index (χ2n) is 5.99. The fraction of sp³-hybridized carbons (Fsp3) is 0.250. The van der Waals surface area contributed by atoms with Crippen LogP contribution in [0, 0.1) is 0 Å². The molecule has 0 fully saturated rings. The summed E-state index contributed by atoms with van der Waals surface area (Å²) >= 11 is 1.49. The van der Waals surface area contributed by atoms with Gasteiger partial charge in [0, 0.05) is 18.8 Å². The van der Waals surface area contributed by atoms with Crippen molar-refractivity contribution in [2.45, 2.75) is 19.9 Å². The van der Waals surface area contributed by atoms with E-state index in [1.54, 1.807) is 18.3 Å². The number of rotatable bonds is 9. The van der Waals surface area contributed by atoms with Crippen LogP contribution >= 0.6 is 11.3 Å². The Morgan fingerprint density at radius 2 is 2.14 bits per heavy atom. The maximum atomic E-state index is 12.5. The summed E-state index contributed by atoms with van der Waals surface area (Å²) in [5.41, 5.74) is 0.626. The summed E-state index contributed by atoms with van der Waals surface area (Å²) in [4.78, 5) is 30.8.